The molecule has 0 radical (unpaired) electrons. The fourth-order valence-electron chi connectivity index (χ4n) is 4.71. The second-order valence-corrected chi connectivity index (χ2v) is 20.7. The van der Waals surface area contributed by atoms with Crippen LogP contribution in [0.3, 0.4) is 0 Å². The Balaban J connectivity index is 1.81. The van der Waals surface area contributed by atoms with Gasteiger partial charge in [-0.05, 0) is 40.0 Å². The van der Waals surface area contributed by atoms with Crippen LogP contribution in [0.5, 0.6) is 0 Å². The lowest BCUT2D eigenvalue weighted by atomic mass is 10.0. The molecule has 0 amide bonds. The van der Waals surface area contributed by atoms with E-state index in [0.717, 1.165) is 6.42 Å². The molecule has 2 atom stereocenters. The third kappa shape index (κ3) is 7.87. The van der Waals surface area contributed by atoms with Crippen molar-refractivity contribution in [2.24, 2.45) is 5.92 Å². The first-order chi connectivity index (χ1) is 18.8. The van der Waals surface area contributed by atoms with Crippen molar-refractivity contribution in [3.8, 4) is 11.5 Å². The van der Waals surface area contributed by atoms with Crippen LogP contribution in [0.15, 0.2) is 126 Å². The maximum Gasteiger partial charge on any atom is 0.288 e. The standard InChI is InChI=1S/C35H40OSSi2/c1-29(2)35(28-31(26-27-38(3,4)5)37-30-18-10-6-11-19-30)36-39(32-20-12-7-13-21-32,33-22-14-8-15-23-33)34-24-16-9-17-25-34/h6-25,29,31,35H,28H2,1-5H3/t31-,35+/m1/s1. The molecule has 0 heterocycles. The molecule has 200 valence electrons. The lowest BCUT2D eigenvalue weighted by Gasteiger charge is -2.38. The molecule has 0 unspecified atom stereocenters. The minimum atomic E-state index is -2.82. The van der Waals surface area contributed by atoms with Crippen LogP contribution >= 0.6 is 11.8 Å². The van der Waals surface area contributed by atoms with Gasteiger partial charge in [0.15, 0.2) is 0 Å². The van der Waals surface area contributed by atoms with Crippen molar-refractivity contribution < 1.29 is 4.43 Å². The van der Waals surface area contributed by atoms with Crippen LogP contribution in [0.25, 0.3) is 0 Å². The summed E-state index contributed by atoms with van der Waals surface area (Å²) in [6.45, 7) is 11.5. The van der Waals surface area contributed by atoms with Crippen molar-refractivity contribution in [1.29, 1.82) is 0 Å². The summed E-state index contributed by atoms with van der Waals surface area (Å²) in [6, 6.07) is 43.3. The summed E-state index contributed by atoms with van der Waals surface area (Å²) in [6.07, 6.45) is 0.908. The summed E-state index contributed by atoms with van der Waals surface area (Å²) in [7, 11) is -4.34. The van der Waals surface area contributed by atoms with Crippen molar-refractivity contribution >= 4 is 43.7 Å². The molecule has 0 aliphatic carbocycles. The Morgan fingerprint density at radius 3 is 1.44 bits per heavy atom. The highest BCUT2D eigenvalue weighted by Crippen LogP contribution is 2.30. The average molecular weight is 565 g/mol. The molecule has 1 nitrogen and oxygen atoms in total. The van der Waals surface area contributed by atoms with E-state index in [4.69, 9.17) is 4.43 Å². The van der Waals surface area contributed by atoms with Gasteiger partial charge in [0, 0.05) is 4.90 Å². The molecule has 0 spiro atoms. The molecule has 4 aromatic carbocycles. The van der Waals surface area contributed by atoms with E-state index in [1.54, 1.807) is 0 Å². The second-order valence-electron chi connectivity index (χ2n) is 11.4. The third-order valence-electron chi connectivity index (χ3n) is 6.69. The lowest BCUT2D eigenvalue weighted by molar-refractivity contribution is 0.144. The summed E-state index contributed by atoms with van der Waals surface area (Å²) in [5.74, 6) is 4.04. The highest BCUT2D eigenvalue weighted by atomic mass is 32.2. The molecule has 0 N–H and O–H groups in total. The van der Waals surface area contributed by atoms with Gasteiger partial charge in [-0.1, -0.05) is 149 Å². The Kier molecular flexibility index (Phi) is 10.1. The maximum absolute atomic E-state index is 7.63. The van der Waals surface area contributed by atoms with Crippen LogP contribution in [0.1, 0.15) is 20.3 Å². The largest absolute Gasteiger partial charge is 0.401 e. The molecular formula is C35H40OSSi2. The van der Waals surface area contributed by atoms with Crippen LogP contribution in [-0.4, -0.2) is 27.7 Å². The predicted octanol–water partition coefficient (Wildman–Crippen LogP) is 7.13. The van der Waals surface area contributed by atoms with E-state index < -0.39 is 16.4 Å². The zero-order chi connectivity index (χ0) is 27.7. The van der Waals surface area contributed by atoms with Gasteiger partial charge in [-0.2, -0.15) is 0 Å². The van der Waals surface area contributed by atoms with Gasteiger partial charge in [0.2, 0.25) is 0 Å². The molecule has 0 aliphatic heterocycles. The van der Waals surface area contributed by atoms with Crippen molar-refractivity contribution in [3.63, 3.8) is 0 Å². The monoisotopic (exact) mass is 564 g/mol. The zero-order valence-corrected chi connectivity index (χ0v) is 26.6. The summed E-state index contributed by atoms with van der Waals surface area (Å²) in [4.78, 5) is 1.26. The second kappa shape index (κ2) is 13.5. The molecule has 0 bridgehead atoms. The smallest absolute Gasteiger partial charge is 0.288 e. The Hall–Kier alpha value is -2.82. The minimum Gasteiger partial charge on any atom is -0.401 e. The molecular weight excluding hydrogens is 525 g/mol. The first-order valence-corrected chi connectivity index (χ1v) is 20.2. The average Bonchev–Trinajstić information content (AvgIpc) is 2.95. The van der Waals surface area contributed by atoms with E-state index in [1.807, 2.05) is 11.8 Å². The SMILES string of the molecule is CC(C)[C@H](C[C@@H](C#C[Si](C)(C)C)Sc1ccccc1)O[Si](c1ccccc1)(c1ccccc1)c1ccccc1. The van der Waals surface area contributed by atoms with Gasteiger partial charge in [-0.3, -0.25) is 0 Å². The lowest BCUT2D eigenvalue weighted by Crippen LogP contribution is -2.70. The van der Waals surface area contributed by atoms with E-state index in [1.165, 1.54) is 20.5 Å². The summed E-state index contributed by atoms with van der Waals surface area (Å²) in [5, 5.41) is 3.97. The number of hydrogen-bond donors (Lipinski definition) is 0. The number of thioether (sulfide) groups is 1. The van der Waals surface area contributed by atoms with Crippen molar-refractivity contribution in [1.82, 2.24) is 0 Å². The Bertz CT molecular complexity index is 1240. The van der Waals surface area contributed by atoms with Gasteiger partial charge in [-0.15, -0.1) is 17.3 Å². The van der Waals surface area contributed by atoms with E-state index in [2.05, 4.69) is 166 Å². The molecule has 4 aromatic rings. The van der Waals surface area contributed by atoms with E-state index in [0.29, 0.717) is 5.92 Å². The van der Waals surface area contributed by atoms with E-state index in [9.17, 15) is 0 Å². The highest BCUT2D eigenvalue weighted by molar-refractivity contribution is 8.00. The zero-order valence-electron chi connectivity index (χ0n) is 23.8. The van der Waals surface area contributed by atoms with Gasteiger partial charge in [0.25, 0.3) is 8.32 Å². The summed E-state index contributed by atoms with van der Waals surface area (Å²) < 4.78 is 7.63. The van der Waals surface area contributed by atoms with Gasteiger partial charge in [-0.25, -0.2) is 0 Å². The molecule has 0 saturated heterocycles. The van der Waals surface area contributed by atoms with Crippen LogP contribution in [0.4, 0.5) is 0 Å². The first kappa shape index (κ1) is 29.2. The third-order valence-corrected chi connectivity index (χ3v) is 12.8. The predicted molar refractivity (Wildman–Crippen MR) is 176 cm³/mol. The van der Waals surface area contributed by atoms with Crippen molar-refractivity contribution in [2.75, 3.05) is 0 Å². The Labute approximate surface area is 242 Å². The molecule has 4 rings (SSSR count). The molecule has 0 fully saturated rings. The van der Waals surface area contributed by atoms with Gasteiger partial charge >= 0.3 is 0 Å². The summed E-state index contributed by atoms with van der Waals surface area (Å²) in [5.41, 5.74) is 3.67. The molecule has 0 aromatic heterocycles. The maximum atomic E-state index is 7.63. The molecule has 39 heavy (non-hydrogen) atoms. The van der Waals surface area contributed by atoms with Crippen LogP contribution in [-0.2, 0) is 4.43 Å². The summed E-state index contributed by atoms with van der Waals surface area (Å²) >= 11 is 1.87. The molecule has 0 aliphatic rings. The van der Waals surface area contributed by atoms with Crippen molar-refractivity contribution in [3.05, 3.63) is 121 Å². The van der Waals surface area contributed by atoms with Crippen LogP contribution in [0.2, 0.25) is 19.6 Å². The normalized spacial score (nSPS) is 13.4. The van der Waals surface area contributed by atoms with Gasteiger partial charge in [0.1, 0.15) is 8.07 Å². The van der Waals surface area contributed by atoms with E-state index in [-0.39, 0.29) is 11.4 Å². The quantitative estimate of drug-likeness (QED) is 0.0877. The number of rotatable bonds is 10. The highest BCUT2D eigenvalue weighted by Gasteiger charge is 2.44. The van der Waals surface area contributed by atoms with Crippen LogP contribution in [0, 0.1) is 17.4 Å². The number of hydrogen-bond acceptors (Lipinski definition) is 2. The van der Waals surface area contributed by atoms with Gasteiger partial charge in [0.05, 0.1) is 11.4 Å². The van der Waals surface area contributed by atoms with Crippen LogP contribution < -0.4 is 15.6 Å². The fourth-order valence-corrected chi connectivity index (χ4v) is 10.7. The molecule has 4 heteroatoms. The van der Waals surface area contributed by atoms with Gasteiger partial charge < -0.3 is 4.43 Å². The van der Waals surface area contributed by atoms with Crippen molar-refractivity contribution in [2.45, 2.75) is 56.2 Å². The fraction of sp³-hybridized carbons (Fsp3) is 0.257. The molecule has 0 saturated carbocycles. The number of benzene rings is 4. The topological polar surface area (TPSA) is 9.23 Å². The minimum absolute atomic E-state index is 0.0365. The van der Waals surface area contributed by atoms with E-state index >= 15 is 0 Å². The Morgan fingerprint density at radius 1 is 0.641 bits per heavy atom. The Morgan fingerprint density at radius 2 is 1.05 bits per heavy atom. The first-order valence-electron chi connectivity index (χ1n) is 13.9.